The highest BCUT2D eigenvalue weighted by Gasteiger charge is 2.40. The number of hydrogen-bond donors (Lipinski definition) is 0. The van der Waals surface area contributed by atoms with E-state index in [1.165, 1.54) is 29.9 Å². The Hall–Kier alpha value is -3.14. The van der Waals surface area contributed by atoms with Crippen molar-refractivity contribution in [2.24, 2.45) is 5.92 Å². The second-order valence-electron chi connectivity index (χ2n) is 9.57. The van der Waals surface area contributed by atoms with Gasteiger partial charge in [0.2, 0.25) is 0 Å². The molecule has 2 amide bonds. The first kappa shape index (κ1) is 25.2. The predicted octanol–water partition coefficient (Wildman–Crippen LogP) is 7.63. The number of aromatic nitrogens is 1. The molecule has 0 radical (unpaired) electrons. The zero-order chi connectivity index (χ0) is 26.2. The highest BCUT2D eigenvalue weighted by Crippen LogP contribution is 2.42. The molecule has 38 heavy (non-hydrogen) atoms. The standard InChI is InChI=1S/C29H24BrFN2O4S/c30-23-15-19(36-16-26-32-24-14-18(31)10-13-25(24)38-26)11-12-22(23)27(17-6-2-1-3-7-17)37-33-28(34)20-8-4-5-9-21(20)29(33)35/h4-5,8-15,17,27H,1-3,6-7,16H2. The molecule has 1 saturated carbocycles. The molecule has 0 N–H and O–H groups in total. The van der Waals surface area contributed by atoms with Gasteiger partial charge in [-0.15, -0.1) is 16.4 Å². The van der Waals surface area contributed by atoms with E-state index >= 15 is 0 Å². The molecule has 4 aromatic rings. The number of imide groups is 1. The number of ether oxygens (including phenoxy) is 1. The molecule has 6 rings (SSSR count). The highest BCUT2D eigenvalue weighted by molar-refractivity contribution is 9.10. The van der Waals surface area contributed by atoms with E-state index in [9.17, 15) is 14.0 Å². The van der Waals surface area contributed by atoms with Crippen LogP contribution in [0.2, 0.25) is 0 Å². The second-order valence-corrected chi connectivity index (χ2v) is 11.5. The van der Waals surface area contributed by atoms with E-state index in [-0.39, 0.29) is 18.3 Å². The molecule has 1 aliphatic carbocycles. The third-order valence-corrected chi connectivity index (χ3v) is 8.79. The molecule has 1 fully saturated rings. The van der Waals surface area contributed by atoms with E-state index < -0.39 is 17.9 Å². The van der Waals surface area contributed by atoms with Gasteiger partial charge in [-0.1, -0.05) is 53.4 Å². The summed E-state index contributed by atoms with van der Waals surface area (Å²) in [5, 5.41) is 1.68. The van der Waals surface area contributed by atoms with Crippen molar-refractivity contribution in [1.29, 1.82) is 0 Å². The Kier molecular flexibility index (Phi) is 6.99. The first-order valence-corrected chi connectivity index (χ1v) is 14.2. The number of halogens is 2. The lowest BCUT2D eigenvalue weighted by Crippen LogP contribution is -2.34. The molecule has 3 aromatic carbocycles. The van der Waals surface area contributed by atoms with Gasteiger partial charge < -0.3 is 4.74 Å². The molecule has 9 heteroatoms. The SMILES string of the molecule is O=C1c2ccccc2C(=O)N1OC(c1ccc(OCc2nc3cc(F)ccc3s2)cc1Br)C1CCCCC1. The summed E-state index contributed by atoms with van der Waals surface area (Å²) in [6.07, 6.45) is 4.77. The summed E-state index contributed by atoms with van der Waals surface area (Å²) >= 11 is 5.15. The normalized spacial score (nSPS) is 16.7. The van der Waals surface area contributed by atoms with Gasteiger partial charge in [0.1, 0.15) is 29.3 Å². The van der Waals surface area contributed by atoms with Gasteiger partial charge in [0.15, 0.2) is 0 Å². The quantitative estimate of drug-likeness (QED) is 0.206. The van der Waals surface area contributed by atoms with Crippen molar-refractivity contribution >= 4 is 49.3 Å². The Bertz CT molecular complexity index is 1500. The zero-order valence-corrected chi connectivity index (χ0v) is 22.8. The Labute approximate surface area is 231 Å². The molecule has 194 valence electrons. The number of benzene rings is 3. The first-order valence-electron chi connectivity index (χ1n) is 12.6. The minimum Gasteiger partial charge on any atom is -0.486 e. The molecular formula is C29H24BrFN2O4S. The number of hydroxylamine groups is 2. The predicted molar refractivity (Wildman–Crippen MR) is 145 cm³/mol. The maximum atomic E-state index is 13.5. The van der Waals surface area contributed by atoms with Gasteiger partial charge in [0, 0.05) is 10.5 Å². The Morgan fingerprint density at radius 3 is 2.45 bits per heavy atom. The monoisotopic (exact) mass is 594 g/mol. The molecule has 2 heterocycles. The number of hydrogen-bond acceptors (Lipinski definition) is 6. The molecular weight excluding hydrogens is 571 g/mol. The lowest BCUT2D eigenvalue weighted by molar-refractivity contribution is -0.156. The smallest absolute Gasteiger partial charge is 0.285 e. The van der Waals surface area contributed by atoms with Crippen LogP contribution in [0.15, 0.2) is 65.1 Å². The maximum Gasteiger partial charge on any atom is 0.285 e. The van der Waals surface area contributed by atoms with E-state index in [1.807, 2.05) is 18.2 Å². The average Bonchev–Trinajstić information content (AvgIpc) is 3.45. The van der Waals surface area contributed by atoms with E-state index in [2.05, 4.69) is 20.9 Å². The second kappa shape index (κ2) is 10.6. The lowest BCUT2D eigenvalue weighted by atomic mass is 9.82. The van der Waals surface area contributed by atoms with Gasteiger partial charge >= 0.3 is 0 Å². The number of thiazole rings is 1. The zero-order valence-electron chi connectivity index (χ0n) is 20.4. The molecule has 1 unspecified atom stereocenters. The number of nitrogens with zero attached hydrogens (tertiary/aromatic N) is 2. The van der Waals surface area contributed by atoms with Crippen molar-refractivity contribution in [3.05, 3.63) is 92.7 Å². The third kappa shape index (κ3) is 4.86. The van der Waals surface area contributed by atoms with Crippen molar-refractivity contribution < 1.29 is 23.6 Å². The maximum absolute atomic E-state index is 13.5. The van der Waals surface area contributed by atoms with Gasteiger partial charge in [-0.05, 0) is 60.7 Å². The number of rotatable bonds is 7. The van der Waals surface area contributed by atoms with Gasteiger partial charge in [-0.2, -0.15) is 0 Å². The van der Waals surface area contributed by atoms with Crippen molar-refractivity contribution in [3.63, 3.8) is 0 Å². The van der Waals surface area contributed by atoms with Crippen LogP contribution in [0.4, 0.5) is 4.39 Å². The molecule has 6 nitrogen and oxygen atoms in total. The van der Waals surface area contributed by atoms with Crippen LogP contribution in [0.3, 0.4) is 0 Å². The summed E-state index contributed by atoms with van der Waals surface area (Å²) in [6.45, 7) is 0.254. The van der Waals surface area contributed by atoms with Crippen LogP contribution in [0, 0.1) is 11.7 Å². The van der Waals surface area contributed by atoms with Crippen LogP contribution < -0.4 is 4.74 Å². The van der Waals surface area contributed by atoms with E-state index in [4.69, 9.17) is 9.57 Å². The molecule has 1 atom stereocenters. The van der Waals surface area contributed by atoms with Crippen LogP contribution in [-0.4, -0.2) is 21.9 Å². The minimum absolute atomic E-state index is 0.166. The molecule has 1 aromatic heterocycles. The fourth-order valence-corrected chi connectivity index (χ4v) is 6.64. The van der Waals surface area contributed by atoms with Crippen LogP contribution in [0.5, 0.6) is 5.75 Å². The lowest BCUT2D eigenvalue weighted by Gasteiger charge is -2.32. The third-order valence-electron chi connectivity index (χ3n) is 7.09. The minimum atomic E-state index is -0.472. The van der Waals surface area contributed by atoms with Crippen LogP contribution in [-0.2, 0) is 11.4 Å². The summed E-state index contributed by atoms with van der Waals surface area (Å²) in [4.78, 5) is 36.8. The molecule has 2 aliphatic rings. The van der Waals surface area contributed by atoms with Crippen molar-refractivity contribution in [3.8, 4) is 5.75 Å². The van der Waals surface area contributed by atoms with Crippen LogP contribution in [0.25, 0.3) is 10.2 Å². The molecule has 0 bridgehead atoms. The fourth-order valence-electron chi connectivity index (χ4n) is 5.19. The molecule has 1 aliphatic heterocycles. The van der Waals surface area contributed by atoms with Gasteiger partial charge in [-0.3, -0.25) is 14.4 Å². The van der Waals surface area contributed by atoms with Crippen molar-refractivity contribution in [2.45, 2.75) is 44.8 Å². The van der Waals surface area contributed by atoms with E-state index in [1.54, 1.807) is 30.3 Å². The number of fused-ring (bicyclic) bond motifs is 2. The number of amides is 2. The average molecular weight is 595 g/mol. The highest BCUT2D eigenvalue weighted by atomic mass is 79.9. The van der Waals surface area contributed by atoms with Gasteiger partial charge in [0.05, 0.1) is 21.3 Å². The van der Waals surface area contributed by atoms with Gasteiger partial charge in [0.25, 0.3) is 11.8 Å². The van der Waals surface area contributed by atoms with Crippen LogP contribution >= 0.6 is 27.3 Å². The number of carbonyl (C=O) groups excluding carboxylic acids is 2. The Balaban J connectivity index is 1.23. The Morgan fingerprint density at radius 1 is 1.00 bits per heavy atom. The summed E-state index contributed by atoms with van der Waals surface area (Å²) in [7, 11) is 0. The Morgan fingerprint density at radius 2 is 1.74 bits per heavy atom. The summed E-state index contributed by atoms with van der Waals surface area (Å²) in [5.74, 6) is -0.379. The van der Waals surface area contributed by atoms with E-state index in [0.29, 0.717) is 22.4 Å². The molecule has 0 saturated heterocycles. The topological polar surface area (TPSA) is 68.7 Å². The fraction of sp³-hybridized carbons (Fsp3) is 0.276. The van der Waals surface area contributed by atoms with Crippen molar-refractivity contribution in [1.82, 2.24) is 10.0 Å². The first-order chi connectivity index (χ1) is 18.5. The van der Waals surface area contributed by atoms with Gasteiger partial charge in [-0.25, -0.2) is 9.37 Å². The molecule has 0 spiro atoms. The summed E-state index contributed by atoms with van der Waals surface area (Å²) < 4.78 is 21.2. The van der Waals surface area contributed by atoms with Crippen molar-refractivity contribution in [2.75, 3.05) is 0 Å². The summed E-state index contributed by atoms with van der Waals surface area (Å²) in [6, 6.07) is 17.0. The van der Waals surface area contributed by atoms with E-state index in [0.717, 1.165) is 50.5 Å². The summed E-state index contributed by atoms with van der Waals surface area (Å²) in [5.41, 5.74) is 2.20. The largest absolute Gasteiger partial charge is 0.486 e. The number of carbonyl (C=O) groups is 2. The van der Waals surface area contributed by atoms with Crippen LogP contribution in [0.1, 0.15) is 69.5 Å².